The van der Waals surface area contributed by atoms with E-state index >= 15 is 0 Å². The van der Waals surface area contributed by atoms with E-state index in [0.29, 0.717) is 5.75 Å². The molecule has 2 aromatic rings. The van der Waals surface area contributed by atoms with Crippen molar-refractivity contribution in [3.63, 3.8) is 0 Å². The number of methoxy groups -OCH3 is 1. The molecule has 2 rings (SSSR count). The first-order chi connectivity index (χ1) is 9.51. The van der Waals surface area contributed by atoms with Crippen molar-refractivity contribution in [2.75, 3.05) is 7.11 Å². The minimum absolute atomic E-state index is 0.0787. The second-order valence-electron chi connectivity index (χ2n) is 4.43. The Hall–Kier alpha value is -2.01. The van der Waals surface area contributed by atoms with Crippen molar-refractivity contribution in [1.82, 2.24) is 0 Å². The van der Waals surface area contributed by atoms with Gasteiger partial charge in [-0.05, 0) is 24.1 Å². The molecule has 0 aliphatic rings. The van der Waals surface area contributed by atoms with E-state index in [1.165, 1.54) is 25.3 Å². The Bertz CT molecular complexity index is 616. The van der Waals surface area contributed by atoms with Crippen molar-refractivity contribution in [2.24, 2.45) is 5.73 Å². The summed E-state index contributed by atoms with van der Waals surface area (Å²) in [4.78, 5) is 0. The van der Waals surface area contributed by atoms with Crippen LogP contribution in [0.1, 0.15) is 17.2 Å². The van der Waals surface area contributed by atoms with Gasteiger partial charge in [-0.3, -0.25) is 0 Å². The van der Waals surface area contributed by atoms with Crippen LogP contribution in [0.4, 0.5) is 13.2 Å². The van der Waals surface area contributed by atoms with E-state index in [9.17, 15) is 13.2 Å². The van der Waals surface area contributed by atoms with Gasteiger partial charge in [-0.15, -0.1) is 0 Å². The molecule has 1 atom stereocenters. The van der Waals surface area contributed by atoms with Crippen molar-refractivity contribution < 1.29 is 17.9 Å². The van der Waals surface area contributed by atoms with E-state index in [1.54, 1.807) is 6.07 Å². The summed E-state index contributed by atoms with van der Waals surface area (Å²) < 4.78 is 45.1. The molecule has 1 unspecified atom stereocenters. The van der Waals surface area contributed by atoms with Gasteiger partial charge in [-0.2, -0.15) is 0 Å². The van der Waals surface area contributed by atoms with Crippen LogP contribution in [-0.2, 0) is 6.42 Å². The largest absolute Gasteiger partial charge is 0.497 e. The lowest BCUT2D eigenvalue weighted by Gasteiger charge is -2.14. The Labute approximate surface area is 115 Å². The van der Waals surface area contributed by atoms with Crippen LogP contribution < -0.4 is 10.5 Å². The summed E-state index contributed by atoms with van der Waals surface area (Å²) in [5.41, 5.74) is 6.39. The smallest absolute Gasteiger partial charge is 0.131 e. The lowest BCUT2D eigenvalue weighted by molar-refractivity contribution is 0.410. The normalized spacial score (nSPS) is 12.2. The lowest BCUT2D eigenvalue weighted by atomic mass is 9.98. The van der Waals surface area contributed by atoms with Crippen LogP contribution >= 0.6 is 0 Å². The van der Waals surface area contributed by atoms with Gasteiger partial charge in [0.15, 0.2) is 0 Å². The minimum Gasteiger partial charge on any atom is -0.497 e. The molecule has 0 aliphatic heterocycles. The van der Waals surface area contributed by atoms with E-state index < -0.39 is 23.5 Å². The fourth-order valence-electron chi connectivity index (χ4n) is 1.97. The van der Waals surface area contributed by atoms with E-state index in [1.807, 2.05) is 0 Å². The molecular formula is C15H14F3NO. The third-order valence-electron chi connectivity index (χ3n) is 3.06. The molecule has 0 spiro atoms. The van der Waals surface area contributed by atoms with E-state index in [0.717, 1.165) is 12.1 Å². The summed E-state index contributed by atoms with van der Waals surface area (Å²) in [7, 11) is 1.43. The third-order valence-corrected chi connectivity index (χ3v) is 3.06. The topological polar surface area (TPSA) is 35.2 Å². The first-order valence-corrected chi connectivity index (χ1v) is 6.04. The molecule has 0 heterocycles. The number of nitrogens with two attached hydrogens (primary N) is 1. The zero-order valence-corrected chi connectivity index (χ0v) is 10.9. The molecule has 0 radical (unpaired) electrons. The maximum atomic E-state index is 13.8. The van der Waals surface area contributed by atoms with Crippen molar-refractivity contribution >= 4 is 0 Å². The quantitative estimate of drug-likeness (QED) is 0.932. The van der Waals surface area contributed by atoms with Crippen LogP contribution in [0, 0.1) is 17.5 Å². The second kappa shape index (κ2) is 5.96. The van der Waals surface area contributed by atoms with Crippen LogP contribution in [0.25, 0.3) is 0 Å². The van der Waals surface area contributed by atoms with E-state index in [-0.39, 0.29) is 17.5 Å². The molecule has 0 saturated carbocycles. The van der Waals surface area contributed by atoms with Crippen molar-refractivity contribution in [2.45, 2.75) is 12.5 Å². The predicted molar refractivity (Wildman–Crippen MR) is 69.9 cm³/mol. The Morgan fingerprint density at radius 3 is 2.40 bits per heavy atom. The van der Waals surface area contributed by atoms with E-state index in [4.69, 9.17) is 10.5 Å². The standard InChI is InChI=1S/C15H14F3NO/c1-20-11-4-5-12(14(18)8-11)15(19)6-9-2-3-10(16)7-13(9)17/h2-5,7-8,15H,6,19H2,1H3. The summed E-state index contributed by atoms with van der Waals surface area (Å²) >= 11 is 0. The van der Waals surface area contributed by atoms with Crippen LogP contribution in [0.15, 0.2) is 36.4 Å². The molecule has 0 amide bonds. The minimum atomic E-state index is -0.721. The maximum Gasteiger partial charge on any atom is 0.131 e. The van der Waals surface area contributed by atoms with Crippen molar-refractivity contribution in [3.05, 3.63) is 65.0 Å². The first kappa shape index (κ1) is 14.4. The summed E-state index contributed by atoms with van der Waals surface area (Å²) in [6.07, 6.45) is 0.0787. The zero-order chi connectivity index (χ0) is 14.7. The van der Waals surface area contributed by atoms with Gasteiger partial charge in [0.2, 0.25) is 0 Å². The molecular weight excluding hydrogens is 267 g/mol. The lowest BCUT2D eigenvalue weighted by Crippen LogP contribution is -2.16. The molecule has 2 N–H and O–H groups in total. The fraction of sp³-hybridized carbons (Fsp3) is 0.200. The highest BCUT2D eigenvalue weighted by molar-refractivity contribution is 5.32. The molecule has 0 aliphatic carbocycles. The summed E-state index contributed by atoms with van der Waals surface area (Å²) in [5, 5.41) is 0. The molecule has 0 fully saturated rings. The predicted octanol–water partition coefficient (Wildman–Crippen LogP) is 3.36. The van der Waals surface area contributed by atoms with Crippen molar-refractivity contribution in [1.29, 1.82) is 0 Å². The van der Waals surface area contributed by atoms with Gasteiger partial charge < -0.3 is 10.5 Å². The van der Waals surface area contributed by atoms with Gasteiger partial charge in [-0.1, -0.05) is 12.1 Å². The summed E-state index contributed by atoms with van der Waals surface area (Å²) in [6.45, 7) is 0. The third kappa shape index (κ3) is 3.11. The van der Waals surface area contributed by atoms with Crippen molar-refractivity contribution in [3.8, 4) is 5.75 Å². The molecule has 0 saturated heterocycles. The summed E-state index contributed by atoms with van der Waals surface area (Å²) in [5.74, 6) is -1.48. The fourth-order valence-corrected chi connectivity index (χ4v) is 1.97. The van der Waals surface area contributed by atoms with Crippen LogP contribution in [0.2, 0.25) is 0 Å². The van der Waals surface area contributed by atoms with Gasteiger partial charge in [0.25, 0.3) is 0 Å². The maximum absolute atomic E-state index is 13.8. The van der Waals surface area contributed by atoms with Crippen LogP contribution in [0.3, 0.4) is 0 Å². The average Bonchev–Trinajstić information content (AvgIpc) is 2.41. The molecule has 2 aromatic carbocycles. The second-order valence-corrected chi connectivity index (χ2v) is 4.43. The molecule has 0 aromatic heterocycles. The first-order valence-electron chi connectivity index (χ1n) is 6.04. The van der Waals surface area contributed by atoms with Crippen LogP contribution in [0.5, 0.6) is 5.75 Å². The van der Waals surface area contributed by atoms with Gasteiger partial charge >= 0.3 is 0 Å². The average molecular weight is 281 g/mol. The van der Waals surface area contributed by atoms with Gasteiger partial charge in [0.05, 0.1) is 7.11 Å². The highest BCUT2D eigenvalue weighted by Crippen LogP contribution is 2.24. The Morgan fingerprint density at radius 2 is 1.80 bits per heavy atom. The monoisotopic (exact) mass is 281 g/mol. The molecule has 2 nitrogen and oxygen atoms in total. The number of ether oxygens (including phenoxy) is 1. The zero-order valence-electron chi connectivity index (χ0n) is 10.9. The van der Waals surface area contributed by atoms with Crippen LogP contribution in [-0.4, -0.2) is 7.11 Å². The number of benzene rings is 2. The molecule has 20 heavy (non-hydrogen) atoms. The highest BCUT2D eigenvalue weighted by Gasteiger charge is 2.15. The SMILES string of the molecule is COc1ccc(C(N)Cc2ccc(F)cc2F)c(F)c1. The number of halogens is 3. The molecule has 0 bridgehead atoms. The van der Waals surface area contributed by atoms with Gasteiger partial charge in [-0.25, -0.2) is 13.2 Å². The van der Waals surface area contributed by atoms with E-state index in [2.05, 4.69) is 0 Å². The number of rotatable bonds is 4. The van der Waals surface area contributed by atoms with Gasteiger partial charge in [0.1, 0.15) is 23.2 Å². The number of hydrogen-bond donors (Lipinski definition) is 1. The molecule has 5 heteroatoms. The van der Waals surface area contributed by atoms with Gasteiger partial charge in [0, 0.05) is 23.7 Å². The molecule has 106 valence electrons. The Kier molecular flexibility index (Phi) is 4.29. The summed E-state index contributed by atoms with van der Waals surface area (Å²) in [6, 6.07) is 6.82. The number of hydrogen-bond acceptors (Lipinski definition) is 2. The highest BCUT2D eigenvalue weighted by atomic mass is 19.1. The Morgan fingerprint density at radius 1 is 1.05 bits per heavy atom. The Balaban J connectivity index is 2.21.